The van der Waals surface area contributed by atoms with E-state index in [1.807, 2.05) is 0 Å². The first-order valence-electron chi connectivity index (χ1n) is 9.54. The first-order valence-corrected chi connectivity index (χ1v) is 11.0. The van der Waals surface area contributed by atoms with E-state index in [-0.39, 0.29) is 10.8 Å². The molecular formula is C23H23FN2O4S. The van der Waals surface area contributed by atoms with Crippen LogP contribution in [0, 0.1) is 5.82 Å². The zero-order valence-electron chi connectivity index (χ0n) is 17.4. The molecule has 0 saturated carbocycles. The van der Waals surface area contributed by atoms with Crippen molar-refractivity contribution in [2.45, 2.75) is 24.8 Å². The van der Waals surface area contributed by atoms with E-state index >= 15 is 0 Å². The van der Waals surface area contributed by atoms with Crippen LogP contribution in [0.2, 0.25) is 0 Å². The molecule has 0 bridgehead atoms. The van der Waals surface area contributed by atoms with E-state index in [4.69, 9.17) is 4.74 Å². The number of rotatable bonds is 7. The minimum atomic E-state index is -3.99. The van der Waals surface area contributed by atoms with Crippen molar-refractivity contribution in [2.75, 3.05) is 16.7 Å². The van der Waals surface area contributed by atoms with Gasteiger partial charge in [0.1, 0.15) is 11.6 Å². The van der Waals surface area contributed by atoms with Crippen molar-refractivity contribution in [3.63, 3.8) is 0 Å². The zero-order valence-corrected chi connectivity index (χ0v) is 18.2. The molecule has 0 spiro atoms. The second-order valence-electron chi connectivity index (χ2n) is 6.93. The Kier molecular flexibility index (Phi) is 6.60. The molecule has 6 nitrogen and oxygen atoms in total. The largest absolute Gasteiger partial charge is 0.497 e. The number of hydrogen-bond donors (Lipinski definition) is 1. The molecular weight excluding hydrogens is 419 g/mol. The Morgan fingerprint density at radius 2 is 1.55 bits per heavy atom. The molecule has 0 unspecified atom stereocenters. The van der Waals surface area contributed by atoms with Crippen molar-refractivity contribution >= 4 is 27.3 Å². The van der Waals surface area contributed by atoms with Crippen LogP contribution in [-0.4, -0.2) is 21.4 Å². The number of amides is 1. The van der Waals surface area contributed by atoms with Crippen LogP contribution in [0.15, 0.2) is 77.7 Å². The van der Waals surface area contributed by atoms with Gasteiger partial charge in [-0.25, -0.2) is 12.8 Å². The summed E-state index contributed by atoms with van der Waals surface area (Å²) in [5.74, 6) is -0.0565. The number of ether oxygens (including phenoxy) is 1. The molecule has 0 fully saturated rings. The Labute approximate surface area is 181 Å². The molecule has 1 atom stereocenters. The molecule has 1 amide bonds. The Hall–Kier alpha value is -3.39. The molecule has 0 aliphatic heterocycles. The van der Waals surface area contributed by atoms with Gasteiger partial charge in [-0.15, -0.1) is 0 Å². The van der Waals surface area contributed by atoms with E-state index in [1.165, 1.54) is 54.7 Å². The number of halogens is 1. The van der Waals surface area contributed by atoms with Gasteiger partial charge in [0.15, 0.2) is 0 Å². The molecule has 0 radical (unpaired) electrons. The van der Waals surface area contributed by atoms with Crippen molar-refractivity contribution < 1.29 is 22.3 Å². The third-order valence-corrected chi connectivity index (χ3v) is 6.68. The summed E-state index contributed by atoms with van der Waals surface area (Å²) in [6, 6.07) is 17.7. The van der Waals surface area contributed by atoms with Crippen LogP contribution in [0.4, 0.5) is 15.8 Å². The minimum absolute atomic E-state index is 0.0615. The number of hydrogen-bond acceptors (Lipinski definition) is 4. The third-order valence-electron chi connectivity index (χ3n) is 4.76. The molecule has 3 rings (SSSR count). The zero-order chi connectivity index (χ0) is 22.6. The topological polar surface area (TPSA) is 75.7 Å². The smallest absolute Gasteiger partial charge is 0.264 e. The highest BCUT2D eigenvalue weighted by atomic mass is 32.2. The van der Waals surface area contributed by atoms with Crippen LogP contribution in [0.1, 0.15) is 25.5 Å². The van der Waals surface area contributed by atoms with Gasteiger partial charge < -0.3 is 10.1 Å². The second-order valence-corrected chi connectivity index (χ2v) is 8.75. The summed E-state index contributed by atoms with van der Waals surface area (Å²) in [5.41, 5.74) is 1.56. The first kappa shape index (κ1) is 22.3. The number of carbonyl (C=O) groups excluding carboxylic acids is 1. The molecule has 162 valence electrons. The lowest BCUT2D eigenvalue weighted by atomic mass is 10.1. The average molecular weight is 443 g/mol. The standard InChI is InChI=1S/C23H23FN2O4S/c1-16(18-4-6-19(24)7-5-18)26(21-10-12-22(30-3)13-11-21)31(28,29)23-14-8-20(9-15-23)25-17(2)27/h4-16H,1-3H3,(H,25,27)/t16-/m0/s1. The number of nitrogens with zero attached hydrogens (tertiary/aromatic N) is 1. The van der Waals surface area contributed by atoms with Crippen LogP contribution >= 0.6 is 0 Å². The molecule has 0 aliphatic carbocycles. The van der Waals surface area contributed by atoms with Gasteiger partial charge in [0, 0.05) is 12.6 Å². The predicted molar refractivity (Wildman–Crippen MR) is 118 cm³/mol. The summed E-state index contributed by atoms with van der Waals surface area (Å²) in [4.78, 5) is 11.3. The lowest BCUT2D eigenvalue weighted by Gasteiger charge is -2.31. The van der Waals surface area contributed by atoms with Crippen LogP contribution in [0.25, 0.3) is 0 Å². The Bertz CT molecular complexity index is 1150. The summed E-state index contributed by atoms with van der Waals surface area (Å²) in [7, 11) is -2.46. The number of methoxy groups -OCH3 is 1. The number of anilines is 2. The fraction of sp³-hybridized carbons (Fsp3) is 0.174. The van der Waals surface area contributed by atoms with Crippen molar-refractivity contribution in [2.24, 2.45) is 0 Å². The molecule has 1 N–H and O–H groups in total. The predicted octanol–water partition coefficient (Wildman–Crippen LogP) is 4.75. The molecule has 0 heterocycles. The molecule has 8 heteroatoms. The maximum absolute atomic E-state index is 13.6. The van der Waals surface area contributed by atoms with Gasteiger partial charge in [0.05, 0.1) is 23.7 Å². The SMILES string of the molecule is COc1ccc(N([C@@H](C)c2ccc(F)cc2)S(=O)(=O)c2ccc(NC(C)=O)cc2)cc1. The molecule has 3 aromatic rings. The van der Waals surface area contributed by atoms with E-state index in [2.05, 4.69) is 5.32 Å². The first-order chi connectivity index (χ1) is 14.7. The van der Waals surface area contributed by atoms with Gasteiger partial charge in [0.2, 0.25) is 5.91 Å². The maximum Gasteiger partial charge on any atom is 0.264 e. The number of nitrogens with one attached hydrogen (secondary N) is 1. The van der Waals surface area contributed by atoms with E-state index in [0.717, 1.165) is 0 Å². The Morgan fingerprint density at radius 1 is 0.968 bits per heavy atom. The van der Waals surface area contributed by atoms with E-state index in [1.54, 1.807) is 43.3 Å². The molecule has 0 aromatic heterocycles. The van der Waals surface area contributed by atoms with Gasteiger partial charge in [0.25, 0.3) is 10.0 Å². The lowest BCUT2D eigenvalue weighted by molar-refractivity contribution is -0.114. The number of benzene rings is 3. The van der Waals surface area contributed by atoms with E-state index in [9.17, 15) is 17.6 Å². The summed E-state index contributed by atoms with van der Waals surface area (Å²) in [6.45, 7) is 3.11. The third kappa shape index (κ3) is 5.03. The van der Waals surface area contributed by atoms with Crippen LogP contribution < -0.4 is 14.4 Å². The number of sulfonamides is 1. The lowest BCUT2D eigenvalue weighted by Crippen LogP contribution is -2.33. The quantitative estimate of drug-likeness (QED) is 0.573. The summed E-state index contributed by atoms with van der Waals surface area (Å²) in [5, 5.41) is 2.61. The van der Waals surface area contributed by atoms with Gasteiger partial charge in [-0.1, -0.05) is 12.1 Å². The Morgan fingerprint density at radius 3 is 2.06 bits per heavy atom. The Balaban J connectivity index is 2.07. The fourth-order valence-electron chi connectivity index (χ4n) is 3.20. The van der Waals surface area contributed by atoms with Gasteiger partial charge in [-0.2, -0.15) is 0 Å². The molecule has 3 aromatic carbocycles. The van der Waals surface area contributed by atoms with Crippen molar-refractivity contribution in [3.8, 4) is 5.75 Å². The highest BCUT2D eigenvalue weighted by molar-refractivity contribution is 7.92. The second kappa shape index (κ2) is 9.18. The average Bonchev–Trinajstić information content (AvgIpc) is 2.74. The minimum Gasteiger partial charge on any atom is -0.497 e. The van der Waals surface area contributed by atoms with Crippen molar-refractivity contribution in [3.05, 3.63) is 84.2 Å². The molecule has 31 heavy (non-hydrogen) atoms. The maximum atomic E-state index is 13.6. The summed E-state index contributed by atoms with van der Waals surface area (Å²) < 4.78 is 47.1. The summed E-state index contributed by atoms with van der Waals surface area (Å²) >= 11 is 0. The molecule has 0 aliphatic rings. The summed E-state index contributed by atoms with van der Waals surface area (Å²) in [6.07, 6.45) is 0. The highest BCUT2D eigenvalue weighted by Crippen LogP contribution is 2.34. The van der Waals surface area contributed by atoms with Crippen LogP contribution in [-0.2, 0) is 14.8 Å². The normalized spacial score (nSPS) is 12.1. The van der Waals surface area contributed by atoms with E-state index in [0.29, 0.717) is 22.7 Å². The number of carbonyl (C=O) groups is 1. The van der Waals surface area contributed by atoms with Crippen molar-refractivity contribution in [1.82, 2.24) is 0 Å². The fourth-order valence-corrected chi connectivity index (χ4v) is 4.85. The van der Waals surface area contributed by atoms with Gasteiger partial charge >= 0.3 is 0 Å². The van der Waals surface area contributed by atoms with Gasteiger partial charge in [-0.3, -0.25) is 9.10 Å². The van der Waals surface area contributed by atoms with Crippen LogP contribution in [0.5, 0.6) is 5.75 Å². The van der Waals surface area contributed by atoms with Crippen LogP contribution in [0.3, 0.4) is 0 Å². The van der Waals surface area contributed by atoms with E-state index < -0.39 is 21.9 Å². The van der Waals surface area contributed by atoms with Crippen molar-refractivity contribution in [1.29, 1.82) is 0 Å². The highest BCUT2D eigenvalue weighted by Gasteiger charge is 2.30. The monoisotopic (exact) mass is 442 g/mol. The van der Waals surface area contributed by atoms with Gasteiger partial charge in [-0.05, 0) is 73.2 Å². The molecule has 0 saturated heterocycles.